The van der Waals surface area contributed by atoms with E-state index in [1.807, 2.05) is 54.6 Å². The van der Waals surface area contributed by atoms with Crippen LogP contribution in [-0.4, -0.2) is 49.8 Å². The van der Waals surface area contributed by atoms with Crippen molar-refractivity contribution >= 4 is 39.1 Å². The van der Waals surface area contributed by atoms with E-state index < -0.39 is 33.1 Å². The highest BCUT2D eigenvalue weighted by Crippen LogP contribution is 2.46. The van der Waals surface area contributed by atoms with Gasteiger partial charge >= 0.3 is 0 Å². The van der Waals surface area contributed by atoms with E-state index in [1.54, 1.807) is 78.5 Å². The molecular weight excluding hydrogens is 725 g/mol. The summed E-state index contributed by atoms with van der Waals surface area (Å²) in [6.45, 7) is 0.571. The summed E-state index contributed by atoms with van der Waals surface area (Å²) in [6.07, 6.45) is -0.999. The maximum atomic E-state index is 14.7. The quantitative estimate of drug-likeness (QED) is 0.0287. The van der Waals surface area contributed by atoms with Crippen LogP contribution in [0.4, 0.5) is 5.69 Å². The molecule has 1 heterocycles. The molecule has 5 aromatic carbocycles. The zero-order valence-electron chi connectivity index (χ0n) is 29.1. The Morgan fingerprint density at radius 3 is 2.35 bits per heavy atom. The van der Waals surface area contributed by atoms with E-state index >= 15 is 0 Å². The number of ether oxygens (including phenoxy) is 2. The van der Waals surface area contributed by atoms with Crippen molar-refractivity contribution in [1.29, 1.82) is 0 Å². The smallest absolute Gasteiger partial charge is 0.266 e. The van der Waals surface area contributed by atoms with Gasteiger partial charge in [0, 0.05) is 57.5 Å². The van der Waals surface area contributed by atoms with Crippen molar-refractivity contribution in [1.82, 2.24) is 10.9 Å². The maximum absolute atomic E-state index is 14.7. The fraction of sp³-hybridized carbons (Fsp3) is 0.200. The van der Waals surface area contributed by atoms with Crippen molar-refractivity contribution < 1.29 is 27.8 Å². The van der Waals surface area contributed by atoms with Crippen LogP contribution in [0.5, 0.6) is 5.75 Å². The van der Waals surface area contributed by atoms with Crippen LogP contribution in [-0.2, 0) is 25.9 Å². The van der Waals surface area contributed by atoms with E-state index in [0.29, 0.717) is 29.9 Å². The van der Waals surface area contributed by atoms with Gasteiger partial charge in [-0.25, -0.2) is 18.8 Å². The average Bonchev–Trinajstić information content (AvgIpc) is 3.60. The number of hydrogen-bond donors (Lipinski definition) is 3. The second kappa shape index (κ2) is 17.9. The summed E-state index contributed by atoms with van der Waals surface area (Å²) in [4.78, 5) is 24.8. The summed E-state index contributed by atoms with van der Waals surface area (Å²) in [5.41, 5.74) is 15.4. The number of nitrogens with one attached hydrogen (secondary N) is 2. The fourth-order valence-corrected chi connectivity index (χ4v) is 8.28. The molecule has 1 aliphatic heterocycles. The van der Waals surface area contributed by atoms with Crippen LogP contribution in [0.2, 0.25) is 0 Å². The van der Waals surface area contributed by atoms with Crippen LogP contribution < -0.4 is 15.6 Å². The second-order valence-corrected chi connectivity index (χ2v) is 15.5. The first kappa shape index (κ1) is 38.1. The van der Waals surface area contributed by atoms with Gasteiger partial charge in [0.15, 0.2) is 21.5 Å². The summed E-state index contributed by atoms with van der Waals surface area (Å²) in [6, 6.07) is 39.3. The van der Waals surface area contributed by atoms with Gasteiger partial charge in [-0.2, -0.15) is 0 Å². The highest BCUT2D eigenvalue weighted by atomic mass is 32.2. The van der Waals surface area contributed by atoms with Gasteiger partial charge in [-0.15, -0.1) is 0 Å². The summed E-state index contributed by atoms with van der Waals surface area (Å²) in [5, 5.41) is 13.0. The van der Waals surface area contributed by atoms with Gasteiger partial charge in [-0.05, 0) is 65.7 Å². The third kappa shape index (κ3) is 9.11. The number of hydrogen-bond acceptors (Lipinski definition) is 10. The van der Waals surface area contributed by atoms with Crippen molar-refractivity contribution in [3.8, 4) is 5.75 Å². The number of carbonyl (C=O) groups is 1. The highest BCUT2D eigenvalue weighted by Gasteiger charge is 2.54. The lowest BCUT2D eigenvalue weighted by Crippen LogP contribution is -2.53. The number of nitrogens with zero attached hydrogens (tertiary/aromatic N) is 4. The largest absolute Gasteiger partial charge is 0.494 e. The van der Waals surface area contributed by atoms with Gasteiger partial charge in [0.25, 0.3) is 5.91 Å². The normalized spacial score (nSPS) is 16.5. The minimum absolute atomic E-state index is 0.000400. The molecule has 0 fully saturated rings. The zero-order valence-corrected chi connectivity index (χ0v) is 30.7. The monoisotopic (exact) mass is 762 g/mol. The van der Waals surface area contributed by atoms with Gasteiger partial charge in [0.1, 0.15) is 5.75 Å². The first-order valence-corrected chi connectivity index (χ1v) is 19.7. The second-order valence-electron chi connectivity index (χ2n) is 12.2. The highest BCUT2D eigenvalue weighted by molar-refractivity contribution is 7.99. The lowest BCUT2D eigenvalue weighted by atomic mass is 9.84. The molecule has 0 aromatic heterocycles. The van der Waals surface area contributed by atoms with Gasteiger partial charge in [-0.3, -0.25) is 10.2 Å². The predicted octanol–water partition coefficient (Wildman–Crippen LogP) is 7.48. The minimum Gasteiger partial charge on any atom is -0.494 e. The van der Waals surface area contributed by atoms with Crippen molar-refractivity contribution in [3.05, 3.63) is 161 Å². The molecule has 6 rings (SSSR count). The van der Waals surface area contributed by atoms with E-state index in [4.69, 9.17) is 19.6 Å². The van der Waals surface area contributed by atoms with Gasteiger partial charge in [0.2, 0.25) is 5.90 Å². The van der Waals surface area contributed by atoms with Crippen LogP contribution in [0.1, 0.15) is 35.6 Å². The number of sulfone groups is 1. The lowest BCUT2D eigenvalue weighted by Gasteiger charge is -2.31. The minimum atomic E-state index is -3.89. The number of aliphatic hydroxyl groups excluding tert-OH is 1. The molecule has 0 saturated heterocycles. The summed E-state index contributed by atoms with van der Waals surface area (Å²) < 4.78 is 39.6. The lowest BCUT2D eigenvalue weighted by molar-refractivity contribution is -0.130. The van der Waals surface area contributed by atoms with Crippen LogP contribution >= 0.6 is 11.8 Å². The van der Waals surface area contributed by atoms with Crippen molar-refractivity contribution in [2.24, 2.45) is 10.1 Å². The van der Waals surface area contributed by atoms with Gasteiger partial charge in [-0.1, -0.05) is 95.7 Å². The third-order valence-electron chi connectivity index (χ3n) is 8.68. The van der Waals surface area contributed by atoms with E-state index in [9.17, 15) is 18.7 Å². The van der Waals surface area contributed by atoms with Crippen molar-refractivity contribution in [2.75, 3.05) is 19.0 Å². The number of azide groups is 1. The number of aliphatic imine (C=N–C) groups is 1. The molecule has 14 heteroatoms. The molecule has 12 nitrogen and oxygen atoms in total. The Kier molecular flexibility index (Phi) is 12.7. The molecule has 0 bridgehead atoms. The molecule has 0 aliphatic carbocycles. The molecular formula is C40H38N6O6S2. The molecule has 1 amide bonds. The molecule has 0 spiro atoms. The average molecular weight is 763 g/mol. The number of carbonyl (C=O) groups excluding carboxylic acids is 1. The van der Waals surface area contributed by atoms with Gasteiger partial charge in [0.05, 0.1) is 17.3 Å². The van der Waals surface area contributed by atoms with E-state index in [0.717, 1.165) is 15.4 Å². The number of rotatable bonds is 17. The molecule has 276 valence electrons. The van der Waals surface area contributed by atoms with E-state index in [-0.39, 0.29) is 36.1 Å². The Morgan fingerprint density at radius 2 is 1.61 bits per heavy atom. The van der Waals surface area contributed by atoms with Crippen LogP contribution in [0.15, 0.2) is 158 Å². The Morgan fingerprint density at radius 1 is 0.926 bits per heavy atom. The SMILES string of the molecule is [N-]=[N+]=Nc1ccccc1[C@@H]1OC(c2ccc(OCCCO)cc2)=N[C@]1(CCS(=O)(=O)c1ccccc1)C(=O)NNCc1ccccc1Sc1ccccc1. The number of benzene rings is 5. The Bertz CT molecular complexity index is 2230. The Labute approximate surface area is 317 Å². The molecule has 5 aromatic rings. The maximum Gasteiger partial charge on any atom is 0.266 e. The Balaban J connectivity index is 1.37. The van der Waals surface area contributed by atoms with Gasteiger partial charge < -0.3 is 14.6 Å². The third-order valence-corrected chi connectivity index (χ3v) is 11.5. The number of aliphatic hydroxyl groups is 1. The molecule has 3 N–H and O–H groups in total. The summed E-state index contributed by atoms with van der Waals surface area (Å²) in [7, 11) is -3.89. The molecule has 54 heavy (non-hydrogen) atoms. The molecule has 1 aliphatic rings. The van der Waals surface area contributed by atoms with Crippen molar-refractivity contribution in [2.45, 2.75) is 45.7 Å². The van der Waals surface area contributed by atoms with Crippen LogP contribution in [0.3, 0.4) is 0 Å². The fourth-order valence-electron chi connectivity index (χ4n) is 5.92. The number of amides is 1. The molecule has 0 unspecified atom stereocenters. The number of hydrazine groups is 1. The predicted molar refractivity (Wildman–Crippen MR) is 207 cm³/mol. The summed E-state index contributed by atoms with van der Waals surface area (Å²) in [5.74, 6) is -0.434. The molecule has 2 atom stereocenters. The van der Waals surface area contributed by atoms with Crippen molar-refractivity contribution in [3.63, 3.8) is 0 Å². The first-order chi connectivity index (χ1) is 26.3. The van der Waals surface area contributed by atoms with Crippen LogP contribution in [0.25, 0.3) is 10.4 Å². The molecule has 0 radical (unpaired) electrons. The first-order valence-electron chi connectivity index (χ1n) is 17.2. The van der Waals surface area contributed by atoms with E-state index in [2.05, 4.69) is 20.9 Å². The van der Waals surface area contributed by atoms with E-state index in [1.165, 1.54) is 12.1 Å². The summed E-state index contributed by atoms with van der Waals surface area (Å²) >= 11 is 1.59. The topological polar surface area (TPSA) is 175 Å². The van der Waals surface area contributed by atoms with Crippen LogP contribution in [0, 0.1) is 0 Å². The Hall–Kier alpha value is -5.63. The molecule has 0 saturated carbocycles. The standard InChI is InChI=1S/C40H38N6O6S2/c41-46-44-35-18-9-8-17-34(35)37-40(24-27-54(49,50)33-15-5-2-6-16-33,43-38(52-37)29-20-22-31(23-21-29)51-26-11-25-47)39(48)45-42-28-30-12-7-10-19-36(30)53-32-13-3-1-4-14-32/h1-10,12-23,37,42,47H,11,24-28H2,(H,45,48)/t37-,40-/m0/s1. The zero-order chi connectivity index (χ0) is 37.8.